The highest BCUT2D eigenvalue weighted by atomic mass is 32.2. The van der Waals surface area contributed by atoms with Crippen LogP contribution in [0.2, 0.25) is 0 Å². The van der Waals surface area contributed by atoms with E-state index < -0.39 is 30.9 Å². The third-order valence-electron chi connectivity index (χ3n) is 3.10. The molecule has 0 spiro atoms. The molecule has 1 unspecified atom stereocenters. The first-order chi connectivity index (χ1) is 11.4. The Kier molecular flexibility index (Phi) is 6.21. The number of thioether (sulfide) groups is 2. The van der Waals surface area contributed by atoms with E-state index in [1.54, 1.807) is 13.0 Å². The van der Waals surface area contributed by atoms with Gasteiger partial charge in [0.25, 0.3) is 0 Å². The first kappa shape index (κ1) is 20.2. The summed E-state index contributed by atoms with van der Waals surface area (Å²) in [7, 11) is 0. The number of aliphatic imine (C=N–C) groups is 1. The van der Waals surface area contributed by atoms with E-state index in [-0.39, 0.29) is 16.6 Å². The molecule has 1 aromatic rings. The van der Waals surface area contributed by atoms with Crippen LogP contribution in [0, 0.1) is 6.92 Å². The molecule has 0 bridgehead atoms. The average Bonchev–Trinajstić information content (AvgIpc) is 2.78. The minimum atomic E-state index is -4.51. The lowest BCUT2D eigenvalue weighted by Crippen LogP contribution is -2.40. The molecule has 1 aliphatic rings. The summed E-state index contributed by atoms with van der Waals surface area (Å²) in [6, 6.07) is 4.47. The number of nitrogens with zero attached hydrogens (tertiary/aromatic N) is 2. The molecule has 1 aromatic carbocycles. The van der Waals surface area contributed by atoms with Crippen LogP contribution in [0.25, 0.3) is 0 Å². The van der Waals surface area contributed by atoms with Crippen molar-refractivity contribution < 1.29 is 31.4 Å². The van der Waals surface area contributed by atoms with E-state index in [2.05, 4.69) is 4.99 Å². The number of alkyl halides is 6. The van der Waals surface area contributed by atoms with Gasteiger partial charge in [-0.25, -0.2) is 4.99 Å². The Bertz CT molecular complexity index is 647. The summed E-state index contributed by atoms with van der Waals surface area (Å²) in [6.07, 6.45) is -10.1. The van der Waals surface area contributed by atoms with Crippen LogP contribution in [-0.4, -0.2) is 51.8 Å². The number of aliphatic hydroxyl groups is 1. The molecule has 140 valence electrons. The van der Waals surface area contributed by atoms with Crippen LogP contribution in [0.5, 0.6) is 0 Å². The Balaban J connectivity index is 2.21. The van der Waals surface area contributed by atoms with Crippen LogP contribution < -0.4 is 0 Å². The summed E-state index contributed by atoms with van der Waals surface area (Å²) >= 11 is 1.55. The monoisotopic (exact) mass is 404 g/mol. The quantitative estimate of drug-likeness (QED) is 0.589. The van der Waals surface area contributed by atoms with Gasteiger partial charge in [-0.15, -0.1) is 11.8 Å². The van der Waals surface area contributed by atoms with Crippen LogP contribution >= 0.6 is 23.5 Å². The fraction of sp³-hybridized carbons (Fsp3) is 0.500. The minimum Gasteiger partial charge on any atom is -0.373 e. The van der Waals surface area contributed by atoms with Gasteiger partial charge >= 0.3 is 12.4 Å². The summed E-state index contributed by atoms with van der Waals surface area (Å²) in [5.74, 6) is -1.03. The molecule has 1 saturated heterocycles. The molecule has 1 aliphatic heterocycles. The zero-order valence-electron chi connectivity index (χ0n) is 12.9. The number of aliphatic hydroxyl groups excluding tert-OH is 1. The Morgan fingerprint density at radius 3 is 2.52 bits per heavy atom. The molecule has 1 heterocycles. The topological polar surface area (TPSA) is 35.8 Å². The SMILES string of the molecule is Cc1ccc(/N=C2\SCC(O)N2CC(F)(F)F)cc1SCC(F)(F)F. The highest BCUT2D eigenvalue weighted by Gasteiger charge is 2.38. The fourth-order valence-corrected chi connectivity index (χ4v) is 3.81. The molecule has 25 heavy (non-hydrogen) atoms. The molecule has 1 fully saturated rings. The zero-order chi connectivity index (χ0) is 18.8. The van der Waals surface area contributed by atoms with Crippen molar-refractivity contribution in [2.24, 2.45) is 4.99 Å². The van der Waals surface area contributed by atoms with Gasteiger partial charge in [-0.1, -0.05) is 17.8 Å². The van der Waals surface area contributed by atoms with E-state index in [9.17, 15) is 31.4 Å². The number of rotatable bonds is 4. The standard InChI is InChI=1S/C14H14F6N2OS2/c1-8-2-3-9(4-10(8)25-7-14(18,19)20)21-12-22(6-13(15,16)17)11(23)5-24-12/h2-4,11,23H,5-7H2,1H3/b21-12-. The third-order valence-corrected chi connectivity index (χ3v) is 5.38. The Morgan fingerprint density at radius 2 is 1.92 bits per heavy atom. The van der Waals surface area contributed by atoms with Gasteiger partial charge in [-0.2, -0.15) is 26.3 Å². The lowest BCUT2D eigenvalue weighted by atomic mass is 10.2. The summed E-state index contributed by atoms with van der Waals surface area (Å²) in [4.78, 5) is 5.15. The summed E-state index contributed by atoms with van der Waals surface area (Å²) in [6.45, 7) is 0.293. The second-order valence-electron chi connectivity index (χ2n) is 5.28. The number of amidine groups is 1. The molecule has 0 saturated carbocycles. The molecule has 2 rings (SSSR count). The Morgan fingerprint density at radius 1 is 1.24 bits per heavy atom. The van der Waals surface area contributed by atoms with Gasteiger partial charge < -0.3 is 10.0 Å². The van der Waals surface area contributed by atoms with Crippen LogP contribution in [0.15, 0.2) is 28.1 Å². The van der Waals surface area contributed by atoms with E-state index in [0.717, 1.165) is 16.7 Å². The highest BCUT2D eigenvalue weighted by Crippen LogP contribution is 2.34. The number of aryl methyl sites for hydroxylation is 1. The van der Waals surface area contributed by atoms with Crippen molar-refractivity contribution in [1.82, 2.24) is 4.90 Å². The van der Waals surface area contributed by atoms with E-state index >= 15 is 0 Å². The zero-order valence-corrected chi connectivity index (χ0v) is 14.5. The van der Waals surface area contributed by atoms with Crippen molar-refractivity contribution in [1.29, 1.82) is 0 Å². The minimum absolute atomic E-state index is 0.0135. The first-order valence-corrected chi connectivity index (χ1v) is 8.95. The Labute approximate surface area is 148 Å². The molecule has 0 aliphatic carbocycles. The highest BCUT2D eigenvalue weighted by molar-refractivity contribution is 8.14. The second-order valence-corrected chi connectivity index (χ2v) is 7.29. The predicted molar refractivity (Wildman–Crippen MR) is 86.3 cm³/mol. The number of halogens is 6. The van der Waals surface area contributed by atoms with Crippen molar-refractivity contribution in [3.05, 3.63) is 23.8 Å². The summed E-state index contributed by atoms with van der Waals surface area (Å²) < 4.78 is 74.9. The predicted octanol–water partition coefficient (Wildman–Crippen LogP) is 4.57. The molecule has 0 radical (unpaired) electrons. The molecule has 3 nitrogen and oxygen atoms in total. The fourth-order valence-electron chi connectivity index (χ4n) is 2.00. The van der Waals surface area contributed by atoms with Crippen LogP contribution in [0.4, 0.5) is 32.0 Å². The van der Waals surface area contributed by atoms with Crippen molar-refractivity contribution in [2.45, 2.75) is 30.4 Å². The largest absolute Gasteiger partial charge is 0.406 e. The maximum absolute atomic E-state index is 12.6. The lowest BCUT2D eigenvalue weighted by molar-refractivity contribution is -0.149. The van der Waals surface area contributed by atoms with Gasteiger partial charge in [0.1, 0.15) is 12.8 Å². The van der Waals surface area contributed by atoms with Crippen molar-refractivity contribution in [3.8, 4) is 0 Å². The maximum Gasteiger partial charge on any atom is 0.406 e. The molecule has 1 atom stereocenters. The van der Waals surface area contributed by atoms with E-state index in [4.69, 9.17) is 0 Å². The van der Waals surface area contributed by atoms with Gasteiger partial charge in [0.2, 0.25) is 0 Å². The van der Waals surface area contributed by atoms with Crippen LogP contribution in [0.1, 0.15) is 5.56 Å². The van der Waals surface area contributed by atoms with Crippen molar-refractivity contribution in [3.63, 3.8) is 0 Å². The van der Waals surface area contributed by atoms with Crippen LogP contribution in [-0.2, 0) is 0 Å². The van der Waals surface area contributed by atoms with Crippen LogP contribution in [0.3, 0.4) is 0 Å². The lowest BCUT2D eigenvalue weighted by Gasteiger charge is -2.23. The number of benzene rings is 1. The molecular formula is C14H14F6N2OS2. The van der Waals surface area contributed by atoms with E-state index in [1.165, 1.54) is 12.1 Å². The van der Waals surface area contributed by atoms with E-state index in [0.29, 0.717) is 22.2 Å². The molecular weight excluding hydrogens is 390 g/mol. The molecule has 1 N–H and O–H groups in total. The van der Waals surface area contributed by atoms with Gasteiger partial charge in [-0.05, 0) is 24.6 Å². The van der Waals surface area contributed by atoms with Crippen molar-refractivity contribution in [2.75, 3.05) is 18.1 Å². The molecule has 0 amide bonds. The number of hydrogen-bond acceptors (Lipinski definition) is 4. The summed E-state index contributed by atoms with van der Waals surface area (Å²) in [5.41, 5.74) is 0.850. The number of hydrogen-bond donors (Lipinski definition) is 1. The summed E-state index contributed by atoms with van der Waals surface area (Å²) in [5, 5.41) is 9.65. The van der Waals surface area contributed by atoms with Gasteiger partial charge in [0, 0.05) is 10.6 Å². The third kappa shape index (κ3) is 6.30. The van der Waals surface area contributed by atoms with Gasteiger partial charge in [-0.3, -0.25) is 0 Å². The van der Waals surface area contributed by atoms with Gasteiger partial charge in [0.15, 0.2) is 5.17 Å². The maximum atomic E-state index is 12.6. The molecule has 11 heteroatoms. The van der Waals surface area contributed by atoms with Gasteiger partial charge in [0.05, 0.1) is 11.4 Å². The van der Waals surface area contributed by atoms with Crippen molar-refractivity contribution >= 4 is 34.4 Å². The normalized spacial score (nSPS) is 20.6. The smallest absolute Gasteiger partial charge is 0.373 e. The average molecular weight is 404 g/mol. The first-order valence-electron chi connectivity index (χ1n) is 6.98. The second kappa shape index (κ2) is 7.67. The van der Waals surface area contributed by atoms with E-state index in [1.807, 2.05) is 0 Å². The Hall–Kier alpha value is -1.07. The molecule has 0 aromatic heterocycles.